The minimum absolute atomic E-state index is 0.659. The number of carbonyl (C=O) groups excluding carboxylic acids is 1. The van der Waals surface area contributed by atoms with Crippen molar-refractivity contribution in [1.82, 2.24) is 8.75 Å². The van der Waals surface area contributed by atoms with Gasteiger partial charge in [-0.3, -0.25) is 4.79 Å². The van der Waals surface area contributed by atoms with Crippen LogP contribution in [0.25, 0.3) is 33.3 Å². The van der Waals surface area contributed by atoms with Gasteiger partial charge in [0, 0.05) is 16.7 Å². The normalized spacial score (nSPS) is 10.8. The van der Waals surface area contributed by atoms with E-state index in [2.05, 4.69) is 20.9 Å². The molecule has 1 heterocycles. The molecule has 3 aromatic carbocycles. The van der Waals surface area contributed by atoms with Gasteiger partial charge in [-0.25, -0.2) is 0 Å². The summed E-state index contributed by atoms with van der Waals surface area (Å²) in [5.74, 6) is 0.822. The number of carbonyl (C=O) groups is 1. The maximum Gasteiger partial charge on any atom is 0.150 e. The molecular formula is C20H14N2O2S. The van der Waals surface area contributed by atoms with Crippen LogP contribution in [-0.4, -0.2) is 22.1 Å². The number of aldehydes is 1. The fraction of sp³-hybridized carbons (Fsp3) is 0.0500. The maximum atomic E-state index is 10.8. The molecular weight excluding hydrogens is 332 g/mol. The van der Waals surface area contributed by atoms with Gasteiger partial charge in [-0.05, 0) is 23.3 Å². The van der Waals surface area contributed by atoms with Crippen LogP contribution in [0.2, 0.25) is 0 Å². The Morgan fingerprint density at radius 1 is 0.800 bits per heavy atom. The molecule has 0 N–H and O–H groups in total. The maximum absolute atomic E-state index is 10.8. The second-order valence-electron chi connectivity index (χ2n) is 5.59. The van der Waals surface area contributed by atoms with Crippen molar-refractivity contribution in [3.05, 3.63) is 66.2 Å². The van der Waals surface area contributed by atoms with Gasteiger partial charge < -0.3 is 4.74 Å². The molecule has 4 rings (SSSR count). The van der Waals surface area contributed by atoms with Crippen molar-refractivity contribution in [3.63, 3.8) is 0 Å². The fourth-order valence-electron chi connectivity index (χ4n) is 2.84. The molecule has 122 valence electrons. The zero-order valence-electron chi connectivity index (χ0n) is 13.5. The highest BCUT2D eigenvalue weighted by molar-refractivity contribution is 7.00. The quantitative estimate of drug-likeness (QED) is 0.496. The summed E-state index contributed by atoms with van der Waals surface area (Å²) in [6, 6.07) is 19.5. The Hall–Kier alpha value is -3.05. The Kier molecular flexibility index (Phi) is 3.99. The van der Waals surface area contributed by atoms with Crippen LogP contribution in [0.4, 0.5) is 0 Å². The van der Waals surface area contributed by atoms with Gasteiger partial charge in [0.15, 0.2) is 0 Å². The molecule has 5 heteroatoms. The predicted octanol–water partition coefficient (Wildman–Crippen LogP) is 4.85. The third-order valence-corrected chi connectivity index (χ3v) is 4.70. The highest BCUT2D eigenvalue weighted by atomic mass is 32.1. The molecule has 0 saturated heterocycles. The van der Waals surface area contributed by atoms with E-state index in [9.17, 15) is 4.79 Å². The Bertz CT molecular complexity index is 1040. The minimum atomic E-state index is 0.659. The van der Waals surface area contributed by atoms with E-state index in [1.54, 1.807) is 7.11 Å². The summed E-state index contributed by atoms with van der Waals surface area (Å²) in [6.45, 7) is 0. The Morgan fingerprint density at radius 2 is 1.32 bits per heavy atom. The SMILES string of the molecule is COc1ccc(-c2ccc(-c3ccc(C=O)cc3)c3nsnc23)cc1. The molecule has 1 aromatic heterocycles. The van der Waals surface area contributed by atoms with Gasteiger partial charge in [0.1, 0.15) is 23.1 Å². The average Bonchev–Trinajstić information content (AvgIpc) is 3.17. The first kappa shape index (κ1) is 15.5. The first-order valence-electron chi connectivity index (χ1n) is 7.75. The number of fused-ring (bicyclic) bond motifs is 1. The standard InChI is InChI=1S/C20H14N2O2S/c1-24-16-8-6-15(7-9-16)18-11-10-17(19-20(18)22-25-21-19)14-4-2-13(12-23)3-5-14/h2-12H,1H3. The van der Waals surface area contributed by atoms with Gasteiger partial charge in [-0.1, -0.05) is 48.5 Å². The van der Waals surface area contributed by atoms with Crippen LogP contribution in [0.5, 0.6) is 5.75 Å². The van der Waals surface area contributed by atoms with Gasteiger partial charge in [0.25, 0.3) is 0 Å². The van der Waals surface area contributed by atoms with Gasteiger partial charge in [0.2, 0.25) is 0 Å². The molecule has 25 heavy (non-hydrogen) atoms. The number of nitrogens with zero attached hydrogens (tertiary/aromatic N) is 2. The number of aromatic nitrogens is 2. The second kappa shape index (κ2) is 6.45. The number of rotatable bonds is 4. The zero-order chi connectivity index (χ0) is 17.2. The van der Waals surface area contributed by atoms with Crippen molar-refractivity contribution < 1.29 is 9.53 Å². The molecule has 0 aliphatic rings. The van der Waals surface area contributed by atoms with Crippen LogP contribution >= 0.6 is 11.7 Å². The second-order valence-corrected chi connectivity index (χ2v) is 6.12. The average molecular weight is 346 g/mol. The minimum Gasteiger partial charge on any atom is -0.497 e. The number of benzene rings is 3. The lowest BCUT2D eigenvalue weighted by Crippen LogP contribution is -1.87. The molecule has 0 atom stereocenters. The fourth-order valence-corrected chi connectivity index (χ4v) is 3.42. The van der Waals surface area contributed by atoms with Crippen molar-refractivity contribution in [1.29, 1.82) is 0 Å². The number of hydrogen-bond donors (Lipinski definition) is 0. The van der Waals surface area contributed by atoms with Crippen molar-refractivity contribution in [2.45, 2.75) is 0 Å². The van der Waals surface area contributed by atoms with E-state index >= 15 is 0 Å². The molecule has 0 unspecified atom stereocenters. The van der Waals surface area contributed by atoms with E-state index in [1.807, 2.05) is 48.5 Å². The lowest BCUT2D eigenvalue weighted by atomic mass is 9.97. The number of methoxy groups -OCH3 is 1. The van der Waals surface area contributed by atoms with E-state index in [-0.39, 0.29) is 0 Å². The monoisotopic (exact) mass is 346 g/mol. The molecule has 0 fully saturated rings. The van der Waals surface area contributed by atoms with Crippen LogP contribution in [0.15, 0.2) is 60.7 Å². The van der Waals surface area contributed by atoms with Crippen LogP contribution in [0.1, 0.15) is 10.4 Å². The van der Waals surface area contributed by atoms with E-state index in [0.717, 1.165) is 45.3 Å². The largest absolute Gasteiger partial charge is 0.497 e. The topological polar surface area (TPSA) is 52.1 Å². The molecule has 4 nitrogen and oxygen atoms in total. The molecule has 0 bridgehead atoms. The van der Waals surface area contributed by atoms with Crippen molar-refractivity contribution in [2.75, 3.05) is 7.11 Å². The zero-order valence-corrected chi connectivity index (χ0v) is 14.3. The molecule has 0 radical (unpaired) electrons. The highest BCUT2D eigenvalue weighted by Gasteiger charge is 2.13. The molecule has 0 amide bonds. The van der Waals surface area contributed by atoms with E-state index < -0.39 is 0 Å². The summed E-state index contributed by atoms with van der Waals surface area (Å²) in [7, 11) is 1.66. The third kappa shape index (κ3) is 2.79. The summed E-state index contributed by atoms with van der Waals surface area (Å²) in [5, 5.41) is 0. The summed E-state index contributed by atoms with van der Waals surface area (Å²) < 4.78 is 14.2. The lowest BCUT2D eigenvalue weighted by Gasteiger charge is -2.08. The highest BCUT2D eigenvalue weighted by Crippen LogP contribution is 2.35. The van der Waals surface area contributed by atoms with E-state index in [4.69, 9.17) is 4.74 Å². The van der Waals surface area contributed by atoms with E-state index in [0.29, 0.717) is 5.56 Å². The number of ether oxygens (including phenoxy) is 1. The van der Waals surface area contributed by atoms with Gasteiger partial charge >= 0.3 is 0 Å². The first-order valence-corrected chi connectivity index (χ1v) is 8.48. The van der Waals surface area contributed by atoms with Gasteiger partial charge in [0.05, 0.1) is 18.8 Å². The number of hydrogen-bond acceptors (Lipinski definition) is 5. The molecule has 4 aromatic rings. The summed E-state index contributed by atoms with van der Waals surface area (Å²) in [5.41, 5.74) is 6.56. The third-order valence-electron chi connectivity index (χ3n) is 4.17. The van der Waals surface area contributed by atoms with Crippen molar-refractivity contribution in [2.24, 2.45) is 0 Å². The summed E-state index contributed by atoms with van der Waals surface area (Å²) in [6.07, 6.45) is 0.844. The van der Waals surface area contributed by atoms with Crippen molar-refractivity contribution in [3.8, 4) is 28.0 Å². The Morgan fingerprint density at radius 3 is 1.80 bits per heavy atom. The Balaban J connectivity index is 1.84. The van der Waals surface area contributed by atoms with Gasteiger partial charge in [-0.2, -0.15) is 8.75 Å². The molecule has 0 aliphatic heterocycles. The molecule has 0 saturated carbocycles. The molecule has 0 aliphatic carbocycles. The summed E-state index contributed by atoms with van der Waals surface area (Å²) >= 11 is 1.20. The smallest absolute Gasteiger partial charge is 0.150 e. The summed E-state index contributed by atoms with van der Waals surface area (Å²) in [4.78, 5) is 10.8. The lowest BCUT2D eigenvalue weighted by molar-refractivity contribution is 0.112. The predicted molar refractivity (Wildman–Crippen MR) is 100 cm³/mol. The van der Waals surface area contributed by atoms with Crippen LogP contribution in [0.3, 0.4) is 0 Å². The Labute approximate surface area is 149 Å². The van der Waals surface area contributed by atoms with Crippen LogP contribution in [0, 0.1) is 0 Å². The molecule has 0 spiro atoms. The first-order chi connectivity index (χ1) is 12.3. The van der Waals surface area contributed by atoms with Crippen LogP contribution in [-0.2, 0) is 0 Å². The van der Waals surface area contributed by atoms with Crippen LogP contribution < -0.4 is 4.74 Å². The van der Waals surface area contributed by atoms with E-state index in [1.165, 1.54) is 11.7 Å². The van der Waals surface area contributed by atoms with Gasteiger partial charge in [-0.15, -0.1) is 0 Å². The van der Waals surface area contributed by atoms with Crippen molar-refractivity contribution >= 4 is 29.0 Å².